The highest BCUT2D eigenvalue weighted by molar-refractivity contribution is 7.16. The number of ether oxygens (including phenoxy) is 1. The van der Waals surface area contributed by atoms with Crippen molar-refractivity contribution in [2.24, 2.45) is 4.99 Å². The van der Waals surface area contributed by atoms with E-state index in [9.17, 15) is 4.79 Å². The Bertz CT molecular complexity index is 945. The molecule has 4 nitrogen and oxygen atoms in total. The Labute approximate surface area is 148 Å². The lowest BCUT2D eigenvalue weighted by Gasteiger charge is -2.03. The van der Waals surface area contributed by atoms with Gasteiger partial charge in [-0.1, -0.05) is 47.2 Å². The van der Waals surface area contributed by atoms with Gasteiger partial charge in [0.2, 0.25) is 0 Å². The summed E-state index contributed by atoms with van der Waals surface area (Å²) in [4.78, 5) is 16.9. The standard InChI is InChI=1S/C18H15ClN2O2S/c1-2-10-21-15-9-8-13(19)11-16(15)24-18(21)20-17(22)12-23-14-6-4-3-5-7-14/h2-9,11H,1,10,12H2. The summed E-state index contributed by atoms with van der Waals surface area (Å²) >= 11 is 7.46. The third-order valence-electron chi connectivity index (χ3n) is 3.28. The van der Waals surface area contributed by atoms with E-state index in [1.807, 2.05) is 41.0 Å². The van der Waals surface area contributed by atoms with Crippen LogP contribution >= 0.6 is 22.9 Å². The zero-order chi connectivity index (χ0) is 16.9. The second-order valence-corrected chi connectivity index (χ2v) is 6.45. The lowest BCUT2D eigenvalue weighted by Crippen LogP contribution is -2.19. The summed E-state index contributed by atoms with van der Waals surface area (Å²) in [5.41, 5.74) is 0.972. The van der Waals surface area contributed by atoms with Gasteiger partial charge in [-0.05, 0) is 30.3 Å². The van der Waals surface area contributed by atoms with Crippen molar-refractivity contribution in [1.82, 2.24) is 4.57 Å². The van der Waals surface area contributed by atoms with E-state index in [1.165, 1.54) is 11.3 Å². The Hall–Kier alpha value is -2.37. The second-order valence-electron chi connectivity index (χ2n) is 5.00. The number of aromatic nitrogens is 1. The van der Waals surface area contributed by atoms with E-state index >= 15 is 0 Å². The van der Waals surface area contributed by atoms with Gasteiger partial charge in [0, 0.05) is 11.6 Å². The van der Waals surface area contributed by atoms with Crippen molar-refractivity contribution in [3.05, 3.63) is 71.0 Å². The summed E-state index contributed by atoms with van der Waals surface area (Å²) in [5.74, 6) is 0.303. The highest BCUT2D eigenvalue weighted by atomic mass is 35.5. The fourth-order valence-corrected chi connectivity index (χ4v) is 3.57. The van der Waals surface area contributed by atoms with Crippen molar-refractivity contribution in [2.75, 3.05) is 6.61 Å². The Morgan fingerprint density at radius 2 is 2.08 bits per heavy atom. The van der Waals surface area contributed by atoms with Crippen LogP contribution in [0.2, 0.25) is 5.02 Å². The van der Waals surface area contributed by atoms with Gasteiger partial charge >= 0.3 is 0 Å². The zero-order valence-corrected chi connectivity index (χ0v) is 14.4. The van der Waals surface area contributed by atoms with Gasteiger partial charge in [-0.15, -0.1) is 6.58 Å². The van der Waals surface area contributed by atoms with E-state index in [2.05, 4.69) is 11.6 Å². The number of rotatable bonds is 5. The first-order valence-corrected chi connectivity index (χ1v) is 8.52. The lowest BCUT2D eigenvalue weighted by atomic mass is 10.3. The predicted molar refractivity (Wildman–Crippen MR) is 97.5 cm³/mol. The third kappa shape index (κ3) is 3.75. The fourth-order valence-electron chi connectivity index (χ4n) is 2.24. The average molecular weight is 359 g/mol. The highest BCUT2D eigenvalue weighted by Gasteiger charge is 2.08. The molecule has 0 aliphatic heterocycles. The number of amides is 1. The van der Waals surface area contributed by atoms with Gasteiger partial charge < -0.3 is 9.30 Å². The topological polar surface area (TPSA) is 43.6 Å². The SMILES string of the molecule is C=CCn1c(=NC(=O)COc2ccccc2)sc2cc(Cl)ccc21. The maximum atomic E-state index is 12.1. The van der Waals surface area contributed by atoms with Crippen LogP contribution in [0.4, 0.5) is 0 Å². The number of para-hydroxylation sites is 1. The summed E-state index contributed by atoms with van der Waals surface area (Å²) in [5, 5.41) is 0.653. The molecule has 0 aliphatic rings. The molecule has 1 aromatic heterocycles. The van der Waals surface area contributed by atoms with Crippen LogP contribution in [0.25, 0.3) is 10.2 Å². The van der Waals surface area contributed by atoms with Crippen molar-refractivity contribution in [3.63, 3.8) is 0 Å². The van der Waals surface area contributed by atoms with Gasteiger partial charge in [-0.25, -0.2) is 0 Å². The molecule has 0 N–H and O–H groups in total. The third-order valence-corrected chi connectivity index (χ3v) is 4.56. The lowest BCUT2D eigenvalue weighted by molar-refractivity contribution is -0.120. The molecule has 2 aromatic carbocycles. The molecule has 0 saturated carbocycles. The molecule has 0 spiro atoms. The van der Waals surface area contributed by atoms with Crippen molar-refractivity contribution in [3.8, 4) is 5.75 Å². The van der Waals surface area contributed by atoms with Crippen molar-refractivity contribution < 1.29 is 9.53 Å². The molecule has 0 radical (unpaired) electrons. The van der Waals surface area contributed by atoms with Crippen LogP contribution in [0.1, 0.15) is 0 Å². The van der Waals surface area contributed by atoms with Crippen LogP contribution in [0.3, 0.4) is 0 Å². The monoisotopic (exact) mass is 358 g/mol. The first-order valence-electron chi connectivity index (χ1n) is 7.32. The van der Waals surface area contributed by atoms with Gasteiger partial charge in [0.25, 0.3) is 5.91 Å². The predicted octanol–water partition coefficient (Wildman–Crippen LogP) is 4.05. The summed E-state index contributed by atoms with van der Waals surface area (Å²) in [6, 6.07) is 14.8. The maximum Gasteiger partial charge on any atom is 0.286 e. The van der Waals surface area contributed by atoms with Crippen molar-refractivity contribution in [1.29, 1.82) is 0 Å². The molecule has 1 heterocycles. The normalized spacial score (nSPS) is 11.6. The molecule has 0 atom stereocenters. The van der Waals surface area contributed by atoms with Crippen LogP contribution in [0.15, 0.2) is 66.2 Å². The van der Waals surface area contributed by atoms with Crippen LogP contribution < -0.4 is 9.54 Å². The van der Waals surface area contributed by atoms with Gasteiger partial charge in [-0.3, -0.25) is 4.79 Å². The van der Waals surface area contributed by atoms with E-state index in [0.29, 0.717) is 22.1 Å². The molecular weight excluding hydrogens is 344 g/mol. The summed E-state index contributed by atoms with van der Waals surface area (Å²) in [6.45, 7) is 4.22. The molecule has 24 heavy (non-hydrogen) atoms. The summed E-state index contributed by atoms with van der Waals surface area (Å²) in [7, 11) is 0. The van der Waals surface area contributed by atoms with E-state index in [1.54, 1.807) is 18.2 Å². The van der Waals surface area contributed by atoms with Gasteiger partial charge in [0.05, 0.1) is 10.2 Å². The number of halogens is 1. The van der Waals surface area contributed by atoms with E-state index in [0.717, 1.165) is 10.2 Å². The van der Waals surface area contributed by atoms with E-state index in [-0.39, 0.29) is 12.5 Å². The molecule has 0 aliphatic carbocycles. The molecule has 6 heteroatoms. The summed E-state index contributed by atoms with van der Waals surface area (Å²) < 4.78 is 8.35. The molecule has 122 valence electrons. The number of hydrogen-bond donors (Lipinski definition) is 0. The Kier molecular flexibility index (Phi) is 5.13. The molecule has 0 unspecified atom stereocenters. The van der Waals surface area contributed by atoms with E-state index < -0.39 is 0 Å². The number of allylic oxidation sites excluding steroid dienone is 1. The quantitative estimate of drug-likeness (QED) is 0.646. The fraction of sp³-hybridized carbons (Fsp3) is 0.111. The first kappa shape index (κ1) is 16.5. The molecular formula is C18H15ClN2O2S. The van der Waals surface area contributed by atoms with E-state index in [4.69, 9.17) is 16.3 Å². The largest absolute Gasteiger partial charge is 0.484 e. The van der Waals surface area contributed by atoms with Gasteiger partial charge in [0.1, 0.15) is 5.75 Å². The minimum atomic E-state index is -0.339. The number of benzene rings is 2. The Morgan fingerprint density at radius 1 is 1.29 bits per heavy atom. The van der Waals surface area contributed by atoms with Gasteiger partial charge in [-0.2, -0.15) is 4.99 Å². The molecule has 3 rings (SSSR count). The molecule has 0 fully saturated rings. The molecule has 0 bridgehead atoms. The molecule has 1 amide bonds. The van der Waals surface area contributed by atoms with Gasteiger partial charge in [0.15, 0.2) is 11.4 Å². The van der Waals surface area contributed by atoms with Crippen LogP contribution in [-0.4, -0.2) is 17.1 Å². The number of carbonyl (C=O) groups excluding carboxylic acids is 1. The summed E-state index contributed by atoms with van der Waals surface area (Å²) in [6.07, 6.45) is 1.77. The zero-order valence-electron chi connectivity index (χ0n) is 12.8. The Balaban J connectivity index is 1.89. The van der Waals surface area contributed by atoms with Crippen molar-refractivity contribution in [2.45, 2.75) is 6.54 Å². The van der Waals surface area contributed by atoms with Crippen LogP contribution in [0, 0.1) is 0 Å². The first-order chi connectivity index (χ1) is 11.7. The van der Waals surface area contributed by atoms with Crippen LogP contribution in [-0.2, 0) is 11.3 Å². The second kappa shape index (κ2) is 7.47. The number of fused-ring (bicyclic) bond motifs is 1. The number of nitrogens with zero attached hydrogens (tertiary/aromatic N) is 2. The minimum absolute atomic E-state index is 0.104. The minimum Gasteiger partial charge on any atom is -0.484 e. The van der Waals surface area contributed by atoms with Crippen LogP contribution in [0.5, 0.6) is 5.75 Å². The highest BCUT2D eigenvalue weighted by Crippen LogP contribution is 2.21. The molecule has 3 aromatic rings. The Morgan fingerprint density at radius 3 is 2.83 bits per heavy atom. The number of thiazole rings is 1. The number of hydrogen-bond acceptors (Lipinski definition) is 3. The maximum absolute atomic E-state index is 12.1. The molecule has 0 saturated heterocycles. The van der Waals surface area contributed by atoms with Crippen molar-refractivity contribution >= 4 is 39.1 Å². The average Bonchev–Trinajstić information content (AvgIpc) is 2.91. The number of carbonyl (C=O) groups is 1. The smallest absolute Gasteiger partial charge is 0.286 e.